The third-order valence-corrected chi connectivity index (χ3v) is 3.86. The minimum atomic E-state index is 0.104. The van der Waals surface area contributed by atoms with Crippen molar-refractivity contribution < 1.29 is 4.52 Å². The molecular formula is C12H14N4OS. The lowest BCUT2D eigenvalue weighted by Gasteiger charge is -2.01. The van der Waals surface area contributed by atoms with E-state index in [9.17, 15) is 0 Å². The fraction of sp³-hybridized carbons (Fsp3) is 0.417. The van der Waals surface area contributed by atoms with Gasteiger partial charge in [-0.05, 0) is 13.3 Å². The van der Waals surface area contributed by atoms with E-state index in [1.165, 1.54) is 0 Å². The summed E-state index contributed by atoms with van der Waals surface area (Å²) in [5.74, 6) is 1.51. The van der Waals surface area contributed by atoms with Gasteiger partial charge in [0.1, 0.15) is 5.01 Å². The summed E-state index contributed by atoms with van der Waals surface area (Å²) in [6.45, 7) is 1.98. The van der Waals surface area contributed by atoms with E-state index in [1.807, 2.05) is 24.5 Å². The lowest BCUT2D eigenvalue weighted by atomic mass is 10.1. The Balaban J connectivity index is 1.72. The van der Waals surface area contributed by atoms with Crippen molar-refractivity contribution in [2.45, 2.75) is 31.7 Å². The second-order valence-electron chi connectivity index (χ2n) is 4.50. The number of nitrogens with two attached hydrogens (primary N) is 1. The van der Waals surface area contributed by atoms with E-state index in [0.29, 0.717) is 18.1 Å². The van der Waals surface area contributed by atoms with Crippen LogP contribution in [0.3, 0.4) is 0 Å². The predicted molar refractivity (Wildman–Crippen MR) is 68.4 cm³/mol. The van der Waals surface area contributed by atoms with E-state index in [-0.39, 0.29) is 12.0 Å². The van der Waals surface area contributed by atoms with Gasteiger partial charge in [-0.25, -0.2) is 4.98 Å². The molecule has 0 spiro atoms. The molecular weight excluding hydrogens is 248 g/mol. The average molecular weight is 262 g/mol. The van der Waals surface area contributed by atoms with Gasteiger partial charge in [-0.1, -0.05) is 17.3 Å². The molecule has 1 aliphatic carbocycles. The molecule has 0 fully saturated rings. The molecule has 3 rings (SSSR count). The Bertz CT molecular complexity index is 574. The van der Waals surface area contributed by atoms with Crippen molar-refractivity contribution in [2.24, 2.45) is 5.73 Å². The summed E-state index contributed by atoms with van der Waals surface area (Å²) < 4.78 is 5.28. The standard InChI is InChI=1S/C12H14N4OS/c1-7-6-18-11(14-7)5-10-15-12(17-16-10)8-2-3-9(13)4-8/h2-3,6,8-9H,4-5,13H2,1H3. The van der Waals surface area contributed by atoms with Gasteiger partial charge in [-0.15, -0.1) is 11.3 Å². The van der Waals surface area contributed by atoms with Gasteiger partial charge in [0.15, 0.2) is 5.82 Å². The second kappa shape index (κ2) is 4.62. The SMILES string of the molecule is Cc1csc(Cc2noc(C3C=CC(N)C3)n2)n1. The maximum absolute atomic E-state index is 5.81. The van der Waals surface area contributed by atoms with E-state index >= 15 is 0 Å². The number of nitrogens with zero attached hydrogens (tertiary/aromatic N) is 3. The Morgan fingerprint density at radius 2 is 2.33 bits per heavy atom. The zero-order valence-electron chi connectivity index (χ0n) is 10.0. The monoisotopic (exact) mass is 262 g/mol. The smallest absolute Gasteiger partial charge is 0.233 e. The van der Waals surface area contributed by atoms with E-state index < -0.39 is 0 Å². The molecule has 0 saturated carbocycles. The summed E-state index contributed by atoms with van der Waals surface area (Å²) in [5, 5.41) is 7.03. The molecule has 0 radical (unpaired) electrons. The molecule has 2 aromatic heterocycles. The molecule has 18 heavy (non-hydrogen) atoms. The van der Waals surface area contributed by atoms with Crippen LogP contribution in [-0.2, 0) is 6.42 Å². The van der Waals surface area contributed by atoms with Gasteiger partial charge in [-0.2, -0.15) is 4.98 Å². The lowest BCUT2D eigenvalue weighted by Crippen LogP contribution is -2.14. The van der Waals surface area contributed by atoms with Gasteiger partial charge < -0.3 is 10.3 Å². The Morgan fingerprint density at radius 3 is 3.00 bits per heavy atom. The molecule has 94 valence electrons. The molecule has 2 unspecified atom stereocenters. The van der Waals surface area contributed by atoms with Crippen molar-refractivity contribution in [1.29, 1.82) is 0 Å². The van der Waals surface area contributed by atoms with E-state index in [2.05, 4.69) is 15.1 Å². The van der Waals surface area contributed by atoms with Crippen LogP contribution in [0.2, 0.25) is 0 Å². The van der Waals surface area contributed by atoms with Gasteiger partial charge in [0, 0.05) is 17.1 Å². The van der Waals surface area contributed by atoms with Crippen LogP contribution in [0, 0.1) is 6.92 Å². The summed E-state index contributed by atoms with van der Waals surface area (Å²) in [6, 6.07) is 0.104. The first-order valence-electron chi connectivity index (χ1n) is 5.88. The summed E-state index contributed by atoms with van der Waals surface area (Å²) in [6.07, 6.45) is 5.50. The topological polar surface area (TPSA) is 77.8 Å². The molecule has 0 amide bonds. The number of aromatic nitrogens is 3. The highest BCUT2D eigenvalue weighted by Crippen LogP contribution is 2.26. The first-order chi connectivity index (χ1) is 8.70. The van der Waals surface area contributed by atoms with Gasteiger partial charge in [-0.3, -0.25) is 0 Å². The number of thiazole rings is 1. The highest BCUT2D eigenvalue weighted by molar-refractivity contribution is 7.09. The predicted octanol–water partition coefficient (Wildman–Crippen LogP) is 1.80. The number of aryl methyl sites for hydroxylation is 1. The van der Waals surface area contributed by atoms with Crippen LogP contribution in [0.15, 0.2) is 22.1 Å². The lowest BCUT2D eigenvalue weighted by molar-refractivity contribution is 0.360. The van der Waals surface area contributed by atoms with Crippen LogP contribution in [0.4, 0.5) is 0 Å². The third-order valence-electron chi connectivity index (χ3n) is 2.89. The first kappa shape index (κ1) is 11.6. The molecule has 0 aliphatic heterocycles. The van der Waals surface area contributed by atoms with Crippen molar-refractivity contribution in [1.82, 2.24) is 15.1 Å². The number of rotatable bonds is 3. The number of hydrogen-bond donors (Lipinski definition) is 1. The fourth-order valence-corrected chi connectivity index (χ4v) is 2.79. The summed E-state index contributed by atoms with van der Waals surface area (Å²) >= 11 is 1.62. The van der Waals surface area contributed by atoms with E-state index in [1.54, 1.807) is 11.3 Å². The Kier molecular flexibility index (Phi) is 2.97. The molecule has 0 aromatic carbocycles. The summed E-state index contributed by atoms with van der Waals surface area (Å²) in [7, 11) is 0. The quantitative estimate of drug-likeness (QED) is 0.853. The van der Waals surface area contributed by atoms with E-state index in [4.69, 9.17) is 10.3 Å². The van der Waals surface area contributed by atoms with E-state index in [0.717, 1.165) is 17.1 Å². The van der Waals surface area contributed by atoms with Gasteiger partial charge in [0.25, 0.3) is 0 Å². The van der Waals surface area contributed by atoms with Crippen molar-refractivity contribution in [3.8, 4) is 0 Å². The largest absolute Gasteiger partial charge is 0.339 e. The number of allylic oxidation sites excluding steroid dienone is 1. The van der Waals surface area contributed by atoms with Crippen LogP contribution >= 0.6 is 11.3 Å². The maximum atomic E-state index is 5.81. The van der Waals surface area contributed by atoms with Crippen LogP contribution in [0.25, 0.3) is 0 Å². The van der Waals surface area contributed by atoms with Crippen molar-refractivity contribution in [3.63, 3.8) is 0 Å². The molecule has 0 saturated heterocycles. The van der Waals surface area contributed by atoms with Crippen LogP contribution < -0.4 is 5.73 Å². The zero-order chi connectivity index (χ0) is 12.5. The molecule has 2 N–H and O–H groups in total. The Labute approximate surface area is 109 Å². The molecule has 2 aromatic rings. The second-order valence-corrected chi connectivity index (χ2v) is 5.44. The molecule has 0 bridgehead atoms. The first-order valence-corrected chi connectivity index (χ1v) is 6.76. The molecule has 2 atom stereocenters. The summed E-state index contributed by atoms with van der Waals surface area (Å²) in [4.78, 5) is 8.80. The average Bonchev–Trinajstić information content (AvgIpc) is 3.01. The van der Waals surface area contributed by atoms with Crippen molar-refractivity contribution in [3.05, 3.63) is 39.9 Å². The Hall–Kier alpha value is -1.53. The maximum Gasteiger partial charge on any atom is 0.233 e. The number of hydrogen-bond acceptors (Lipinski definition) is 6. The molecule has 6 heteroatoms. The molecule has 5 nitrogen and oxygen atoms in total. The summed E-state index contributed by atoms with van der Waals surface area (Å²) in [5.41, 5.74) is 6.84. The molecule has 2 heterocycles. The Morgan fingerprint density at radius 1 is 1.44 bits per heavy atom. The highest BCUT2D eigenvalue weighted by atomic mass is 32.1. The van der Waals surface area contributed by atoms with Gasteiger partial charge in [0.05, 0.1) is 12.3 Å². The van der Waals surface area contributed by atoms with Crippen molar-refractivity contribution >= 4 is 11.3 Å². The zero-order valence-corrected chi connectivity index (χ0v) is 10.9. The third kappa shape index (κ3) is 2.34. The van der Waals surface area contributed by atoms with Gasteiger partial charge in [0.2, 0.25) is 5.89 Å². The van der Waals surface area contributed by atoms with Crippen LogP contribution in [-0.4, -0.2) is 21.2 Å². The highest BCUT2D eigenvalue weighted by Gasteiger charge is 2.23. The minimum Gasteiger partial charge on any atom is -0.339 e. The fourth-order valence-electron chi connectivity index (χ4n) is 2.02. The normalized spacial score (nSPS) is 22.8. The van der Waals surface area contributed by atoms with Crippen LogP contribution in [0.5, 0.6) is 0 Å². The van der Waals surface area contributed by atoms with Crippen molar-refractivity contribution in [2.75, 3.05) is 0 Å². The van der Waals surface area contributed by atoms with Gasteiger partial charge >= 0.3 is 0 Å². The van der Waals surface area contributed by atoms with Crippen LogP contribution in [0.1, 0.15) is 34.8 Å². The molecule has 1 aliphatic rings. The minimum absolute atomic E-state index is 0.104.